The average Bonchev–Trinajstić information content (AvgIpc) is 2.18. The predicted octanol–water partition coefficient (Wildman–Crippen LogP) is 3.27. The lowest BCUT2D eigenvalue weighted by atomic mass is 10.0. The van der Waals surface area contributed by atoms with Gasteiger partial charge >= 0.3 is 0 Å². The van der Waals surface area contributed by atoms with E-state index >= 15 is 0 Å². The number of hydrogen-bond acceptors (Lipinski definition) is 2. The number of phenols is 1. The average molecular weight is 194 g/mol. The Hall–Kier alpha value is -1.02. The van der Waals surface area contributed by atoms with Crippen molar-refractivity contribution in [3.63, 3.8) is 0 Å². The Kier molecular flexibility index (Phi) is 4.47. The van der Waals surface area contributed by atoms with Gasteiger partial charge < -0.3 is 9.84 Å². The summed E-state index contributed by atoms with van der Waals surface area (Å²) in [6, 6.07) is 7.38. The highest BCUT2D eigenvalue weighted by Crippen LogP contribution is 2.29. The molecule has 0 radical (unpaired) electrons. The van der Waals surface area contributed by atoms with Crippen molar-refractivity contribution in [1.82, 2.24) is 0 Å². The number of aromatic hydroxyl groups is 1. The Labute approximate surface area is 85.5 Å². The molecule has 0 aliphatic heterocycles. The van der Waals surface area contributed by atoms with Gasteiger partial charge in [-0.3, -0.25) is 0 Å². The van der Waals surface area contributed by atoms with E-state index in [1.807, 2.05) is 25.1 Å². The molecule has 2 heteroatoms. The van der Waals surface area contributed by atoms with Crippen LogP contribution in [0.15, 0.2) is 24.3 Å². The summed E-state index contributed by atoms with van der Waals surface area (Å²) in [4.78, 5) is 0. The van der Waals surface area contributed by atoms with Gasteiger partial charge in [-0.15, -0.1) is 0 Å². The zero-order valence-corrected chi connectivity index (χ0v) is 8.86. The molecule has 0 bridgehead atoms. The maximum absolute atomic E-state index is 9.65. The molecule has 14 heavy (non-hydrogen) atoms. The molecule has 1 unspecified atom stereocenters. The fourth-order valence-corrected chi connectivity index (χ4v) is 1.55. The summed E-state index contributed by atoms with van der Waals surface area (Å²) >= 11 is 0. The Morgan fingerprint density at radius 1 is 1.29 bits per heavy atom. The van der Waals surface area contributed by atoms with E-state index in [-0.39, 0.29) is 6.10 Å². The first-order valence-corrected chi connectivity index (χ1v) is 5.19. The molecule has 0 saturated carbocycles. The van der Waals surface area contributed by atoms with Crippen LogP contribution in [-0.4, -0.2) is 11.7 Å². The molecule has 0 fully saturated rings. The maximum Gasteiger partial charge on any atom is 0.121 e. The topological polar surface area (TPSA) is 29.5 Å². The summed E-state index contributed by atoms with van der Waals surface area (Å²) in [7, 11) is 0. The summed E-state index contributed by atoms with van der Waals surface area (Å²) in [5.74, 6) is 0.333. The molecule has 1 atom stereocenters. The lowest BCUT2D eigenvalue weighted by Gasteiger charge is -2.17. The summed E-state index contributed by atoms with van der Waals surface area (Å²) in [5.41, 5.74) is 0.899. The van der Waals surface area contributed by atoms with E-state index in [9.17, 15) is 5.11 Å². The number of rotatable bonds is 5. The summed E-state index contributed by atoms with van der Waals surface area (Å²) in [5, 5.41) is 9.65. The fourth-order valence-electron chi connectivity index (χ4n) is 1.55. The summed E-state index contributed by atoms with van der Waals surface area (Å²) in [6.45, 7) is 4.77. The Morgan fingerprint density at radius 3 is 2.57 bits per heavy atom. The molecule has 1 aromatic rings. The van der Waals surface area contributed by atoms with Gasteiger partial charge in [0, 0.05) is 12.2 Å². The first-order valence-electron chi connectivity index (χ1n) is 5.19. The van der Waals surface area contributed by atoms with E-state index in [1.165, 1.54) is 0 Å². The van der Waals surface area contributed by atoms with Gasteiger partial charge in [-0.05, 0) is 19.4 Å². The minimum atomic E-state index is 0.0335. The molecular formula is C12H18O2. The molecule has 0 aliphatic carbocycles. The van der Waals surface area contributed by atoms with Gasteiger partial charge in [0.15, 0.2) is 0 Å². The van der Waals surface area contributed by atoms with Gasteiger partial charge in [0.25, 0.3) is 0 Å². The van der Waals surface area contributed by atoms with Gasteiger partial charge in [0.2, 0.25) is 0 Å². The number of benzene rings is 1. The van der Waals surface area contributed by atoms with E-state index in [0.717, 1.165) is 18.4 Å². The van der Waals surface area contributed by atoms with E-state index < -0.39 is 0 Å². The molecule has 0 aliphatic rings. The molecule has 0 spiro atoms. The first kappa shape index (κ1) is 11.1. The van der Waals surface area contributed by atoms with Crippen LogP contribution in [-0.2, 0) is 4.74 Å². The maximum atomic E-state index is 9.65. The third kappa shape index (κ3) is 2.74. The first-order chi connectivity index (χ1) is 6.79. The Bertz CT molecular complexity index is 265. The summed E-state index contributed by atoms with van der Waals surface area (Å²) < 4.78 is 5.59. The van der Waals surface area contributed by atoms with Crippen LogP contribution in [0.25, 0.3) is 0 Å². The third-order valence-electron chi connectivity index (χ3n) is 2.20. The van der Waals surface area contributed by atoms with Gasteiger partial charge in [0.05, 0.1) is 6.10 Å². The second-order valence-electron chi connectivity index (χ2n) is 3.29. The standard InChI is InChI=1S/C12H18O2/c1-3-7-12(14-4-2)10-8-5-6-9-11(10)13/h5-6,8-9,12-13H,3-4,7H2,1-2H3. The van der Waals surface area contributed by atoms with Crippen molar-refractivity contribution < 1.29 is 9.84 Å². The molecule has 78 valence electrons. The SMILES string of the molecule is CCCC(OCC)c1ccccc1O. The van der Waals surface area contributed by atoms with Gasteiger partial charge in [-0.2, -0.15) is 0 Å². The van der Waals surface area contributed by atoms with Crippen LogP contribution in [0.1, 0.15) is 38.4 Å². The minimum absolute atomic E-state index is 0.0335. The normalized spacial score (nSPS) is 12.7. The Balaban J connectivity index is 2.81. The van der Waals surface area contributed by atoms with Crippen molar-refractivity contribution in [3.05, 3.63) is 29.8 Å². The quantitative estimate of drug-likeness (QED) is 0.779. The number of hydrogen-bond donors (Lipinski definition) is 1. The van der Waals surface area contributed by atoms with E-state index in [1.54, 1.807) is 6.07 Å². The monoisotopic (exact) mass is 194 g/mol. The molecule has 1 N–H and O–H groups in total. The molecule has 0 heterocycles. The molecule has 2 nitrogen and oxygen atoms in total. The second-order valence-corrected chi connectivity index (χ2v) is 3.29. The van der Waals surface area contributed by atoms with Crippen molar-refractivity contribution in [3.8, 4) is 5.75 Å². The van der Waals surface area contributed by atoms with Crippen molar-refractivity contribution in [2.24, 2.45) is 0 Å². The zero-order valence-electron chi connectivity index (χ0n) is 8.86. The lowest BCUT2D eigenvalue weighted by molar-refractivity contribution is 0.0540. The van der Waals surface area contributed by atoms with E-state index in [0.29, 0.717) is 12.4 Å². The van der Waals surface area contributed by atoms with Crippen LogP contribution in [0.5, 0.6) is 5.75 Å². The highest BCUT2D eigenvalue weighted by Gasteiger charge is 2.13. The van der Waals surface area contributed by atoms with Crippen LogP contribution >= 0.6 is 0 Å². The van der Waals surface area contributed by atoms with Crippen LogP contribution in [0.3, 0.4) is 0 Å². The van der Waals surface area contributed by atoms with Crippen molar-refractivity contribution in [1.29, 1.82) is 0 Å². The molecule has 1 rings (SSSR count). The van der Waals surface area contributed by atoms with Crippen LogP contribution in [0.4, 0.5) is 0 Å². The summed E-state index contributed by atoms with van der Waals surface area (Å²) in [6.07, 6.45) is 2.04. The van der Waals surface area contributed by atoms with Gasteiger partial charge in [-0.25, -0.2) is 0 Å². The van der Waals surface area contributed by atoms with Crippen molar-refractivity contribution >= 4 is 0 Å². The largest absolute Gasteiger partial charge is 0.508 e. The Morgan fingerprint density at radius 2 is 2.00 bits per heavy atom. The smallest absolute Gasteiger partial charge is 0.121 e. The van der Waals surface area contributed by atoms with Crippen molar-refractivity contribution in [2.45, 2.75) is 32.8 Å². The second kappa shape index (κ2) is 5.66. The number of phenolic OH excluding ortho intramolecular Hbond substituents is 1. The number of ether oxygens (including phenoxy) is 1. The van der Waals surface area contributed by atoms with Gasteiger partial charge in [0.1, 0.15) is 5.75 Å². The van der Waals surface area contributed by atoms with Crippen LogP contribution in [0, 0.1) is 0 Å². The van der Waals surface area contributed by atoms with E-state index in [2.05, 4.69) is 6.92 Å². The fraction of sp³-hybridized carbons (Fsp3) is 0.500. The molecule has 1 aromatic carbocycles. The minimum Gasteiger partial charge on any atom is -0.508 e. The predicted molar refractivity (Wildman–Crippen MR) is 57.4 cm³/mol. The highest BCUT2D eigenvalue weighted by atomic mass is 16.5. The molecule has 0 amide bonds. The highest BCUT2D eigenvalue weighted by molar-refractivity contribution is 5.33. The van der Waals surface area contributed by atoms with Crippen LogP contribution in [0.2, 0.25) is 0 Å². The van der Waals surface area contributed by atoms with Crippen molar-refractivity contribution in [2.75, 3.05) is 6.61 Å². The molecule has 0 saturated heterocycles. The lowest BCUT2D eigenvalue weighted by Crippen LogP contribution is -2.04. The molecular weight excluding hydrogens is 176 g/mol. The number of para-hydroxylation sites is 1. The third-order valence-corrected chi connectivity index (χ3v) is 2.20. The zero-order chi connectivity index (χ0) is 10.4. The van der Waals surface area contributed by atoms with Gasteiger partial charge in [-0.1, -0.05) is 31.5 Å². The van der Waals surface area contributed by atoms with Crippen LogP contribution < -0.4 is 0 Å². The molecule has 0 aromatic heterocycles. The van der Waals surface area contributed by atoms with E-state index in [4.69, 9.17) is 4.74 Å².